The van der Waals surface area contributed by atoms with Gasteiger partial charge in [-0.25, -0.2) is 0 Å². The fraction of sp³-hybridized carbons (Fsp3) is 0.800. The van der Waals surface area contributed by atoms with Crippen LogP contribution in [0.5, 0.6) is 0 Å². The van der Waals surface area contributed by atoms with Crippen LogP contribution in [-0.4, -0.2) is 24.2 Å². The molecule has 0 aliphatic rings. The molecule has 0 heterocycles. The predicted molar refractivity (Wildman–Crippen MR) is 55.4 cm³/mol. The number of hydrogen-bond acceptors (Lipinski definition) is 3. The average molecular weight is 221 g/mol. The van der Waals surface area contributed by atoms with Crippen molar-refractivity contribution in [2.24, 2.45) is 5.92 Å². The molecule has 0 aliphatic heterocycles. The summed E-state index contributed by atoms with van der Waals surface area (Å²) in [6.07, 6.45) is 1.67. The van der Waals surface area contributed by atoms with Crippen LogP contribution in [0.25, 0.3) is 0 Å². The molecule has 4 heteroatoms. The second-order valence-corrected chi connectivity index (χ2v) is 3.66. The van der Waals surface area contributed by atoms with Crippen molar-refractivity contribution in [1.29, 1.82) is 0 Å². The molecule has 14 heavy (non-hydrogen) atoms. The van der Waals surface area contributed by atoms with Crippen LogP contribution in [0.1, 0.15) is 33.1 Å². The number of carbonyl (C=O) groups excluding carboxylic acids is 2. The lowest BCUT2D eigenvalue weighted by Crippen LogP contribution is -2.32. The normalized spacial score (nSPS) is 14.9. The van der Waals surface area contributed by atoms with Crippen LogP contribution in [0.15, 0.2) is 0 Å². The highest BCUT2D eigenvalue weighted by atomic mass is 35.5. The molecule has 0 saturated carbocycles. The molecule has 0 fully saturated rings. The van der Waals surface area contributed by atoms with Gasteiger partial charge < -0.3 is 4.74 Å². The maximum Gasteiger partial charge on any atom is 0.234 e. The van der Waals surface area contributed by atoms with Gasteiger partial charge in [-0.1, -0.05) is 13.3 Å². The van der Waals surface area contributed by atoms with Crippen molar-refractivity contribution < 1.29 is 14.3 Å². The van der Waals surface area contributed by atoms with Crippen LogP contribution >= 0.6 is 11.6 Å². The molecule has 0 saturated heterocycles. The summed E-state index contributed by atoms with van der Waals surface area (Å²) in [5.41, 5.74) is 0. The summed E-state index contributed by atoms with van der Waals surface area (Å²) in [4.78, 5) is 22.6. The first kappa shape index (κ1) is 13.6. The molecule has 0 rings (SSSR count). The Morgan fingerprint density at radius 3 is 2.36 bits per heavy atom. The van der Waals surface area contributed by atoms with Gasteiger partial charge in [-0.2, -0.15) is 0 Å². The standard InChI is InChI=1S/C10H17ClO3/c1-4-5-6-8(12)9(10(11)13)7(2)14-3/h7,9H,4-6H2,1-3H3. The van der Waals surface area contributed by atoms with Gasteiger partial charge in [0, 0.05) is 13.5 Å². The Hall–Kier alpha value is -0.410. The molecule has 2 unspecified atom stereocenters. The smallest absolute Gasteiger partial charge is 0.234 e. The van der Waals surface area contributed by atoms with Crippen molar-refractivity contribution in [3.8, 4) is 0 Å². The van der Waals surface area contributed by atoms with Gasteiger partial charge >= 0.3 is 0 Å². The minimum atomic E-state index is -0.812. The zero-order chi connectivity index (χ0) is 11.1. The Labute approximate surface area is 89.8 Å². The number of halogens is 1. The van der Waals surface area contributed by atoms with E-state index in [4.69, 9.17) is 16.3 Å². The number of unbranched alkanes of at least 4 members (excludes halogenated alkanes) is 1. The van der Waals surface area contributed by atoms with Crippen molar-refractivity contribution in [3.63, 3.8) is 0 Å². The van der Waals surface area contributed by atoms with Gasteiger partial charge in [0.15, 0.2) is 0 Å². The third-order valence-corrected chi connectivity index (χ3v) is 2.44. The molecule has 0 N–H and O–H groups in total. The van der Waals surface area contributed by atoms with E-state index in [0.29, 0.717) is 6.42 Å². The van der Waals surface area contributed by atoms with Crippen LogP contribution in [-0.2, 0) is 14.3 Å². The maximum absolute atomic E-state index is 11.6. The summed E-state index contributed by atoms with van der Waals surface area (Å²) in [6, 6.07) is 0. The fourth-order valence-corrected chi connectivity index (χ4v) is 1.51. The first-order valence-electron chi connectivity index (χ1n) is 4.79. The summed E-state index contributed by atoms with van der Waals surface area (Å²) < 4.78 is 4.95. The molecule has 82 valence electrons. The summed E-state index contributed by atoms with van der Waals surface area (Å²) in [5.74, 6) is -0.936. The van der Waals surface area contributed by atoms with Gasteiger partial charge in [0.1, 0.15) is 11.7 Å². The lowest BCUT2D eigenvalue weighted by molar-refractivity contribution is -0.133. The molecular weight excluding hydrogens is 204 g/mol. The maximum atomic E-state index is 11.6. The minimum Gasteiger partial charge on any atom is -0.380 e. The molecule has 0 aromatic carbocycles. The summed E-state index contributed by atoms with van der Waals surface area (Å²) in [5, 5.41) is -0.625. The number of carbonyl (C=O) groups is 2. The van der Waals surface area contributed by atoms with Crippen molar-refractivity contribution >= 4 is 22.6 Å². The van der Waals surface area contributed by atoms with E-state index in [1.54, 1.807) is 6.92 Å². The van der Waals surface area contributed by atoms with Gasteiger partial charge in [-0.15, -0.1) is 0 Å². The average Bonchev–Trinajstić information content (AvgIpc) is 2.14. The van der Waals surface area contributed by atoms with E-state index in [0.717, 1.165) is 12.8 Å². The Morgan fingerprint density at radius 2 is 2.00 bits per heavy atom. The second-order valence-electron chi connectivity index (χ2n) is 3.29. The van der Waals surface area contributed by atoms with Crippen molar-refractivity contribution in [2.75, 3.05) is 7.11 Å². The van der Waals surface area contributed by atoms with E-state index in [2.05, 4.69) is 0 Å². The zero-order valence-electron chi connectivity index (χ0n) is 8.88. The monoisotopic (exact) mass is 220 g/mol. The fourth-order valence-electron chi connectivity index (χ4n) is 1.22. The van der Waals surface area contributed by atoms with E-state index >= 15 is 0 Å². The minimum absolute atomic E-state index is 0.124. The topological polar surface area (TPSA) is 43.4 Å². The van der Waals surface area contributed by atoms with E-state index in [9.17, 15) is 9.59 Å². The van der Waals surface area contributed by atoms with Crippen LogP contribution in [0.2, 0.25) is 0 Å². The lowest BCUT2D eigenvalue weighted by Gasteiger charge is -2.17. The third kappa shape index (κ3) is 4.20. The van der Waals surface area contributed by atoms with Crippen molar-refractivity contribution in [3.05, 3.63) is 0 Å². The number of ketones is 1. The Balaban J connectivity index is 4.34. The molecule has 0 aromatic heterocycles. The first-order chi connectivity index (χ1) is 6.54. The van der Waals surface area contributed by atoms with Gasteiger partial charge in [0.05, 0.1) is 6.10 Å². The molecule has 2 atom stereocenters. The number of rotatable bonds is 7. The number of methoxy groups -OCH3 is 1. The van der Waals surface area contributed by atoms with E-state index < -0.39 is 17.3 Å². The number of ether oxygens (including phenoxy) is 1. The van der Waals surface area contributed by atoms with Crippen LogP contribution < -0.4 is 0 Å². The number of Topliss-reactive ketones (excluding diaryl/α,β-unsaturated/α-hetero) is 1. The summed E-state index contributed by atoms with van der Waals surface area (Å²) in [7, 11) is 1.46. The van der Waals surface area contributed by atoms with E-state index in [1.807, 2.05) is 6.92 Å². The van der Waals surface area contributed by atoms with Gasteiger partial charge in [0.2, 0.25) is 5.24 Å². The molecule has 0 aromatic rings. The Kier molecular flexibility index (Phi) is 6.75. The first-order valence-corrected chi connectivity index (χ1v) is 5.17. The predicted octanol–water partition coefficient (Wildman–Crippen LogP) is 2.16. The highest BCUT2D eigenvalue weighted by molar-refractivity contribution is 6.65. The Morgan fingerprint density at radius 1 is 1.43 bits per heavy atom. The van der Waals surface area contributed by atoms with E-state index in [1.165, 1.54) is 7.11 Å². The molecule has 3 nitrogen and oxygen atoms in total. The van der Waals surface area contributed by atoms with E-state index in [-0.39, 0.29) is 5.78 Å². The van der Waals surface area contributed by atoms with Gasteiger partial charge in [-0.05, 0) is 24.9 Å². The largest absolute Gasteiger partial charge is 0.380 e. The molecule has 0 spiro atoms. The van der Waals surface area contributed by atoms with Crippen LogP contribution in [0, 0.1) is 5.92 Å². The summed E-state index contributed by atoms with van der Waals surface area (Å²) >= 11 is 5.35. The quantitative estimate of drug-likeness (QED) is 0.488. The molecule has 0 aliphatic carbocycles. The molecule has 0 radical (unpaired) electrons. The molecule has 0 bridgehead atoms. The highest BCUT2D eigenvalue weighted by Gasteiger charge is 2.30. The van der Waals surface area contributed by atoms with Gasteiger partial charge in [0.25, 0.3) is 0 Å². The molecule has 0 amide bonds. The summed E-state index contributed by atoms with van der Waals surface area (Å²) in [6.45, 7) is 3.67. The highest BCUT2D eigenvalue weighted by Crippen LogP contribution is 2.15. The van der Waals surface area contributed by atoms with Crippen LogP contribution in [0.3, 0.4) is 0 Å². The van der Waals surface area contributed by atoms with Crippen molar-refractivity contribution in [1.82, 2.24) is 0 Å². The molecular formula is C10H17ClO3. The second kappa shape index (κ2) is 6.96. The lowest BCUT2D eigenvalue weighted by atomic mass is 9.96. The van der Waals surface area contributed by atoms with Crippen molar-refractivity contribution in [2.45, 2.75) is 39.2 Å². The third-order valence-electron chi connectivity index (χ3n) is 2.21. The van der Waals surface area contributed by atoms with Crippen LogP contribution in [0.4, 0.5) is 0 Å². The van der Waals surface area contributed by atoms with Gasteiger partial charge in [-0.3, -0.25) is 9.59 Å². The zero-order valence-corrected chi connectivity index (χ0v) is 9.63. The SMILES string of the molecule is CCCCC(=O)C(C(=O)Cl)C(C)OC. The number of hydrogen-bond donors (Lipinski definition) is 0. The Bertz CT molecular complexity index is 204.